The Labute approximate surface area is 148 Å². The first-order chi connectivity index (χ1) is 12.1. The van der Waals surface area contributed by atoms with Gasteiger partial charge in [0, 0.05) is 31.3 Å². The van der Waals surface area contributed by atoms with Crippen molar-refractivity contribution in [3.05, 3.63) is 65.9 Å². The Morgan fingerprint density at radius 1 is 1.00 bits per heavy atom. The number of Topliss-reactive ketones (excluding diaryl/α,β-unsaturated/α-hetero) is 1. The summed E-state index contributed by atoms with van der Waals surface area (Å²) in [5, 5.41) is 18.4. The molecule has 0 heterocycles. The van der Waals surface area contributed by atoms with Crippen LogP contribution in [0.15, 0.2) is 70.5 Å². The monoisotopic (exact) mass is 337 g/mol. The summed E-state index contributed by atoms with van der Waals surface area (Å²) in [6.45, 7) is 7.43. The van der Waals surface area contributed by atoms with Crippen molar-refractivity contribution in [1.29, 1.82) is 0 Å². The second kappa shape index (κ2) is 8.78. The van der Waals surface area contributed by atoms with E-state index >= 15 is 0 Å². The van der Waals surface area contributed by atoms with Gasteiger partial charge < -0.3 is 10.0 Å². The van der Waals surface area contributed by atoms with Gasteiger partial charge in [-0.3, -0.25) is 4.79 Å². The lowest BCUT2D eigenvalue weighted by molar-refractivity contribution is -0.113. The number of anilines is 1. The highest BCUT2D eigenvalue weighted by molar-refractivity contribution is 5.99. The minimum absolute atomic E-state index is 0.0565. The predicted octanol–water partition coefficient (Wildman–Crippen LogP) is 5.13. The summed E-state index contributed by atoms with van der Waals surface area (Å²) in [7, 11) is 0. The van der Waals surface area contributed by atoms with E-state index in [4.69, 9.17) is 0 Å². The van der Waals surface area contributed by atoms with Gasteiger partial charge >= 0.3 is 0 Å². The number of benzene rings is 2. The topological polar surface area (TPSA) is 65.3 Å². The molecule has 5 heteroatoms. The fraction of sp³-hybridized carbons (Fsp3) is 0.250. The Morgan fingerprint density at radius 2 is 1.60 bits per heavy atom. The van der Waals surface area contributed by atoms with Crippen molar-refractivity contribution in [3.63, 3.8) is 0 Å². The molecule has 0 atom stereocenters. The summed E-state index contributed by atoms with van der Waals surface area (Å²) < 4.78 is 0. The molecule has 0 radical (unpaired) electrons. The molecule has 0 bridgehead atoms. The van der Waals surface area contributed by atoms with Crippen LogP contribution < -0.4 is 4.90 Å². The van der Waals surface area contributed by atoms with Gasteiger partial charge in [-0.25, -0.2) is 0 Å². The van der Waals surface area contributed by atoms with Gasteiger partial charge in [0.1, 0.15) is 0 Å². The highest BCUT2D eigenvalue weighted by Crippen LogP contribution is 2.23. The molecule has 0 spiro atoms. The molecular weight excluding hydrogens is 314 g/mol. The fourth-order valence-corrected chi connectivity index (χ4v) is 2.44. The van der Waals surface area contributed by atoms with Gasteiger partial charge in [-0.2, -0.15) is 5.11 Å². The van der Waals surface area contributed by atoms with E-state index in [-0.39, 0.29) is 17.2 Å². The summed E-state index contributed by atoms with van der Waals surface area (Å²) in [6.07, 6.45) is 0. The number of carbonyl (C=O) groups is 1. The molecule has 0 fully saturated rings. The molecule has 0 saturated carbocycles. The first-order valence-corrected chi connectivity index (χ1v) is 8.33. The zero-order valence-electron chi connectivity index (χ0n) is 14.8. The molecule has 1 N–H and O–H groups in total. The van der Waals surface area contributed by atoms with Crippen LogP contribution >= 0.6 is 0 Å². The summed E-state index contributed by atoms with van der Waals surface area (Å²) in [5.74, 6) is -0.513. The van der Waals surface area contributed by atoms with Gasteiger partial charge in [-0.05, 0) is 38.1 Å². The third kappa shape index (κ3) is 4.76. The number of aliphatic hydroxyl groups excluding tert-OH is 1. The minimum Gasteiger partial charge on any atom is -0.505 e. The zero-order chi connectivity index (χ0) is 18.2. The largest absolute Gasteiger partial charge is 0.505 e. The SMILES string of the molecule is CCN(CC)c1ccc(N=N/C(C(C)=O)=C(/O)c2ccccc2)cc1. The molecule has 25 heavy (non-hydrogen) atoms. The molecular formula is C20H23N3O2. The van der Waals surface area contributed by atoms with E-state index in [0.29, 0.717) is 11.3 Å². The number of hydrogen-bond acceptors (Lipinski definition) is 5. The third-order valence-corrected chi connectivity index (χ3v) is 3.85. The standard InChI is InChI=1S/C20H23N3O2/c1-4-23(5-2)18-13-11-17(12-14-18)21-22-19(15(3)24)20(25)16-9-7-6-8-10-16/h6-14,25H,4-5H2,1-3H3/b20-19+,22-21?. The Hall–Kier alpha value is -2.95. The lowest BCUT2D eigenvalue weighted by Crippen LogP contribution is -2.21. The van der Waals surface area contributed by atoms with Crippen molar-refractivity contribution in [3.8, 4) is 0 Å². The van der Waals surface area contributed by atoms with Crippen molar-refractivity contribution in [1.82, 2.24) is 0 Å². The van der Waals surface area contributed by atoms with Crippen LogP contribution in [0, 0.1) is 0 Å². The molecule has 0 aliphatic heterocycles. The fourth-order valence-electron chi connectivity index (χ4n) is 2.44. The van der Waals surface area contributed by atoms with Crippen LogP contribution in [0.5, 0.6) is 0 Å². The van der Waals surface area contributed by atoms with E-state index < -0.39 is 0 Å². The lowest BCUT2D eigenvalue weighted by Gasteiger charge is -2.20. The molecule has 5 nitrogen and oxygen atoms in total. The van der Waals surface area contributed by atoms with Crippen molar-refractivity contribution < 1.29 is 9.90 Å². The second-order valence-electron chi connectivity index (χ2n) is 5.51. The van der Waals surface area contributed by atoms with E-state index in [2.05, 4.69) is 29.0 Å². The number of carbonyl (C=O) groups excluding carboxylic acids is 1. The molecule has 2 aromatic carbocycles. The molecule has 0 aliphatic carbocycles. The maximum Gasteiger partial charge on any atom is 0.183 e. The predicted molar refractivity (Wildman–Crippen MR) is 101 cm³/mol. The number of aliphatic hydroxyl groups is 1. The number of azo groups is 1. The minimum atomic E-state index is -0.343. The Bertz CT molecular complexity index is 761. The zero-order valence-corrected chi connectivity index (χ0v) is 14.8. The molecule has 2 aromatic rings. The van der Waals surface area contributed by atoms with Crippen molar-refractivity contribution in [2.75, 3.05) is 18.0 Å². The van der Waals surface area contributed by atoms with Crippen molar-refractivity contribution in [2.45, 2.75) is 20.8 Å². The van der Waals surface area contributed by atoms with E-state index in [9.17, 15) is 9.90 Å². The molecule has 0 saturated heterocycles. The Kier molecular flexibility index (Phi) is 6.46. The van der Waals surface area contributed by atoms with Crippen LogP contribution in [0.25, 0.3) is 5.76 Å². The smallest absolute Gasteiger partial charge is 0.183 e. The molecule has 0 aliphatic rings. The first kappa shape index (κ1) is 18.4. The van der Waals surface area contributed by atoms with Crippen LogP contribution in [0.3, 0.4) is 0 Å². The van der Waals surface area contributed by atoms with E-state index in [1.54, 1.807) is 24.3 Å². The highest BCUT2D eigenvalue weighted by Gasteiger charge is 2.12. The summed E-state index contributed by atoms with van der Waals surface area (Å²) in [6, 6.07) is 16.5. The van der Waals surface area contributed by atoms with Gasteiger partial charge in [0.25, 0.3) is 0 Å². The van der Waals surface area contributed by atoms with Crippen LogP contribution in [0.2, 0.25) is 0 Å². The summed E-state index contributed by atoms with van der Waals surface area (Å²) in [4.78, 5) is 14.0. The average Bonchev–Trinajstić information content (AvgIpc) is 2.64. The normalized spacial score (nSPS) is 12.1. The van der Waals surface area contributed by atoms with Crippen LogP contribution in [0.1, 0.15) is 26.3 Å². The molecule has 0 amide bonds. The van der Waals surface area contributed by atoms with Gasteiger partial charge in [0.05, 0.1) is 5.69 Å². The third-order valence-electron chi connectivity index (χ3n) is 3.85. The number of ketones is 1. The Morgan fingerprint density at radius 3 is 2.12 bits per heavy atom. The maximum absolute atomic E-state index is 11.8. The van der Waals surface area contributed by atoms with E-state index in [1.807, 2.05) is 30.3 Å². The second-order valence-corrected chi connectivity index (χ2v) is 5.51. The van der Waals surface area contributed by atoms with Crippen LogP contribution in [0.4, 0.5) is 11.4 Å². The highest BCUT2D eigenvalue weighted by atomic mass is 16.3. The van der Waals surface area contributed by atoms with Crippen LogP contribution in [-0.2, 0) is 4.79 Å². The number of nitrogens with zero attached hydrogens (tertiary/aromatic N) is 3. The number of allylic oxidation sites excluding steroid dienone is 1. The van der Waals surface area contributed by atoms with Crippen LogP contribution in [-0.4, -0.2) is 24.0 Å². The van der Waals surface area contributed by atoms with Crippen molar-refractivity contribution >= 4 is 22.9 Å². The summed E-state index contributed by atoms with van der Waals surface area (Å²) >= 11 is 0. The maximum atomic E-state index is 11.8. The molecule has 0 aromatic heterocycles. The molecule has 2 rings (SSSR count). The summed E-state index contributed by atoms with van der Waals surface area (Å²) in [5.41, 5.74) is 2.21. The average molecular weight is 337 g/mol. The first-order valence-electron chi connectivity index (χ1n) is 8.33. The van der Waals surface area contributed by atoms with E-state index in [1.165, 1.54) is 6.92 Å². The van der Waals surface area contributed by atoms with Gasteiger partial charge in [0.2, 0.25) is 0 Å². The number of rotatable bonds is 7. The van der Waals surface area contributed by atoms with Gasteiger partial charge in [-0.15, -0.1) is 5.11 Å². The van der Waals surface area contributed by atoms with Gasteiger partial charge in [-0.1, -0.05) is 30.3 Å². The van der Waals surface area contributed by atoms with E-state index in [0.717, 1.165) is 18.8 Å². The van der Waals surface area contributed by atoms with Crippen molar-refractivity contribution in [2.24, 2.45) is 10.2 Å². The number of hydrogen-bond donors (Lipinski definition) is 1. The Balaban J connectivity index is 2.27. The lowest BCUT2D eigenvalue weighted by atomic mass is 10.1. The molecule has 130 valence electrons. The molecule has 0 unspecified atom stereocenters. The van der Waals surface area contributed by atoms with Gasteiger partial charge in [0.15, 0.2) is 17.2 Å². The quantitative estimate of drug-likeness (QED) is 0.432.